The molecule has 0 spiro atoms. The van der Waals surface area contributed by atoms with Crippen molar-refractivity contribution in [3.8, 4) is 11.5 Å². The van der Waals surface area contributed by atoms with Gasteiger partial charge in [0.2, 0.25) is 0 Å². The summed E-state index contributed by atoms with van der Waals surface area (Å²) in [6.07, 6.45) is 0. The summed E-state index contributed by atoms with van der Waals surface area (Å²) in [5.74, 6) is 1.53. The third kappa shape index (κ3) is 5.76. The van der Waals surface area contributed by atoms with Gasteiger partial charge in [0.15, 0.2) is 16.6 Å². The Morgan fingerprint density at radius 1 is 1.13 bits per heavy atom. The van der Waals surface area contributed by atoms with Crippen molar-refractivity contribution in [2.75, 3.05) is 18.5 Å². The zero-order chi connectivity index (χ0) is 22.4. The average molecular weight is 440 g/mol. The molecule has 0 unspecified atom stereocenters. The molecular weight excluding hydrogens is 410 g/mol. The Bertz CT molecular complexity index is 973. The predicted octanol–water partition coefficient (Wildman–Crippen LogP) is 4.55. The number of para-hydroxylation sites is 1. The van der Waals surface area contributed by atoms with Crippen LogP contribution in [0.15, 0.2) is 59.8 Å². The number of nitrogens with one attached hydrogen (secondary N) is 3. The van der Waals surface area contributed by atoms with Gasteiger partial charge in [0, 0.05) is 11.4 Å². The van der Waals surface area contributed by atoms with E-state index in [0.29, 0.717) is 47.0 Å². The van der Waals surface area contributed by atoms with Crippen molar-refractivity contribution in [2.45, 2.75) is 33.7 Å². The summed E-state index contributed by atoms with van der Waals surface area (Å²) in [6, 6.07) is 14.7. The lowest BCUT2D eigenvalue weighted by Gasteiger charge is -2.30. The molecule has 164 valence electrons. The van der Waals surface area contributed by atoms with E-state index < -0.39 is 6.04 Å². The summed E-state index contributed by atoms with van der Waals surface area (Å²) in [5.41, 5.74) is 2.87. The van der Waals surface area contributed by atoms with Crippen LogP contribution in [0.4, 0.5) is 5.69 Å². The zero-order valence-corrected chi connectivity index (χ0v) is 19.1. The van der Waals surface area contributed by atoms with Gasteiger partial charge in [0.1, 0.15) is 0 Å². The Hall–Kier alpha value is -3.06. The van der Waals surface area contributed by atoms with Crippen molar-refractivity contribution in [3.05, 3.63) is 65.4 Å². The van der Waals surface area contributed by atoms with Gasteiger partial charge in [-0.3, -0.25) is 4.79 Å². The number of hydrogen-bond donors (Lipinski definition) is 3. The first kappa shape index (κ1) is 22.6. The van der Waals surface area contributed by atoms with E-state index in [4.69, 9.17) is 21.7 Å². The molecule has 1 aliphatic rings. The van der Waals surface area contributed by atoms with Crippen molar-refractivity contribution in [3.63, 3.8) is 0 Å². The van der Waals surface area contributed by atoms with Crippen molar-refractivity contribution in [1.29, 1.82) is 0 Å². The number of amides is 1. The van der Waals surface area contributed by atoms with Crippen molar-refractivity contribution < 1.29 is 14.3 Å². The lowest BCUT2D eigenvalue weighted by molar-refractivity contribution is -0.113. The van der Waals surface area contributed by atoms with Crippen LogP contribution < -0.4 is 25.4 Å². The van der Waals surface area contributed by atoms with Crippen LogP contribution in [0.2, 0.25) is 0 Å². The maximum absolute atomic E-state index is 13.2. The molecule has 1 aliphatic heterocycles. The van der Waals surface area contributed by atoms with E-state index >= 15 is 0 Å². The van der Waals surface area contributed by atoms with E-state index in [-0.39, 0.29) is 5.91 Å². The molecule has 3 rings (SSSR count). The van der Waals surface area contributed by atoms with Crippen LogP contribution in [-0.4, -0.2) is 24.2 Å². The van der Waals surface area contributed by atoms with Crippen molar-refractivity contribution >= 4 is 28.9 Å². The summed E-state index contributed by atoms with van der Waals surface area (Å²) < 4.78 is 11.7. The molecule has 3 N–H and O–H groups in total. The molecule has 2 aromatic rings. The molecule has 6 nitrogen and oxygen atoms in total. The molecule has 0 bridgehead atoms. The lowest BCUT2D eigenvalue weighted by atomic mass is 9.94. The quantitative estimate of drug-likeness (QED) is 0.524. The second kappa shape index (κ2) is 10.3. The number of hydrogen-bond acceptors (Lipinski definition) is 4. The number of allylic oxidation sites excluding steroid dienone is 1. The third-order valence-corrected chi connectivity index (χ3v) is 4.94. The largest absolute Gasteiger partial charge is 0.490 e. The average Bonchev–Trinajstić information content (AvgIpc) is 2.73. The van der Waals surface area contributed by atoms with Gasteiger partial charge in [-0.1, -0.05) is 38.1 Å². The fourth-order valence-electron chi connectivity index (χ4n) is 3.31. The summed E-state index contributed by atoms with van der Waals surface area (Å²) in [4.78, 5) is 13.2. The first-order valence-electron chi connectivity index (χ1n) is 10.4. The van der Waals surface area contributed by atoms with Crippen LogP contribution in [0, 0.1) is 5.92 Å². The van der Waals surface area contributed by atoms with E-state index in [2.05, 4.69) is 29.8 Å². The van der Waals surface area contributed by atoms with Gasteiger partial charge in [0.25, 0.3) is 5.91 Å². The summed E-state index contributed by atoms with van der Waals surface area (Å²) >= 11 is 5.37. The molecular formula is C24H29N3O3S. The molecule has 0 saturated carbocycles. The SMILES string of the molecule is CCOc1cc([C@H]2NC(=S)NC(C)=C2C(=O)Nc2ccccc2)ccc1OCC(C)C. The van der Waals surface area contributed by atoms with Gasteiger partial charge in [0.05, 0.1) is 24.8 Å². The van der Waals surface area contributed by atoms with Crippen LogP contribution >= 0.6 is 12.2 Å². The maximum atomic E-state index is 13.2. The van der Waals surface area contributed by atoms with Gasteiger partial charge in [-0.25, -0.2) is 0 Å². The van der Waals surface area contributed by atoms with Gasteiger partial charge >= 0.3 is 0 Å². The summed E-state index contributed by atoms with van der Waals surface area (Å²) in [6.45, 7) is 9.08. The number of anilines is 1. The Kier molecular flexibility index (Phi) is 7.52. The van der Waals surface area contributed by atoms with Crippen LogP contribution in [-0.2, 0) is 4.79 Å². The molecule has 0 saturated heterocycles. The molecule has 1 atom stereocenters. The highest BCUT2D eigenvalue weighted by Crippen LogP contribution is 2.35. The van der Waals surface area contributed by atoms with Crippen molar-refractivity contribution in [2.24, 2.45) is 5.92 Å². The lowest BCUT2D eigenvalue weighted by Crippen LogP contribution is -2.45. The van der Waals surface area contributed by atoms with E-state index in [9.17, 15) is 4.79 Å². The van der Waals surface area contributed by atoms with E-state index in [1.54, 1.807) is 0 Å². The second-order valence-electron chi connectivity index (χ2n) is 7.73. The van der Waals surface area contributed by atoms with Crippen LogP contribution in [0.3, 0.4) is 0 Å². The number of rotatable bonds is 8. The highest BCUT2D eigenvalue weighted by molar-refractivity contribution is 7.80. The topological polar surface area (TPSA) is 71.6 Å². The van der Waals surface area contributed by atoms with Gasteiger partial charge in [-0.15, -0.1) is 0 Å². The van der Waals surface area contributed by atoms with E-state index in [1.165, 1.54) is 0 Å². The molecule has 7 heteroatoms. The molecule has 2 aromatic carbocycles. The Morgan fingerprint density at radius 2 is 1.87 bits per heavy atom. The monoisotopic (exact) mass is 439 g/mol. The number of thiocarbonyl (C=S) groups is 1. The van der Waals surface area contributed by atoms with Crippen LogP contribution in [0.25, 0.3) is 0 Å². The van der Waals surface area contributed by atoms with Crippen LogP contribution in [0.5, 0.6) is 11.5 Å². The first-order valence-corrected chi connectivity index (χ1v) is 10.8. The number of carbonyl (C=O) groups excluding carboxylic acids is 1. The zero-order valence-electron chi connectivity index (χ0n) is 18.3. The summed E-state index contributed by atoms with van der Waals surface area (Å²) in [7, 11) is 0. The Labute approximate surface area is 189 Å². The molecule has 31 heavy (non-hydrogen) atoms. The first-order chi connectivity index (χ1) is 14.9. The second-order valence-corrected chi connectivity index (χ2v) is 8.14. The number of benzene rings is 2. The normalized spacial score (nSPS) is 15.9. The minimum Gasteiger partial charge on any atom is -0.490 e. The van der Waals surface area contributed by atoms with Gasteiger partial charge in [-0.05, 0) is 61.8 Å². The maximum Gasteiger partial charge on any atom is 0.255 e. The standard InChI is InChI=1S/C24H29N3O3S/c1-5-29-20-13-17(11-12-19(20)30-14-15(2)3)22-21(16(4)25-24(31)27-22)23(28)26-18-9-7-6-8-10-18/h6-13,15,22H,5,14H2,1-4H3,(H,26,28)(H2,25,27,31)/t22-/m1/s1. The van der Waals surface area contributed by atoms with Gasteiger partial charge < -0.3 is 25.4 Å². The molecule has 0 aliphatic carbocycles. The Morgan fingerprint density at radius 3 is 2.55 bits per heavy atom. The summed E-state index contributed by atoms with van der Waals surface area (Å²) in [5, 5.41) is 9.72. The molecule has 0 fully saturated rings. The number of ether oxygens (including phenoxy) is 2. The smallest absolute Gasteiger partial charge is 0.255 e. The predicted molar refractivity (Wildman–Crippen MR) is 127 cm³/mol. The molecule has 1 heterocycles. The minimum atomic E-state index is -0.421. The van der Waals surface area contributed by atoms with E-state index in [1.807, 2.05) is 62.4 Å². The van der Waals surface area contributed by atoms with Crippen molar-refractivity contribution in [1.82, 2.24) is 10.6 Å². The fraction of sp³-hybridized carbons (Fsp3) is 0.333. The molecule has 0 aromatic heterocycles. The third-order valence-electron chi connectivity index (χ3n) is 4.72. The number of carbonyl (C=O) groups is 1. The molecule has 0 radical (unpaired) electrons. The van der Waals surface area contributed by atoms with Crippen LogP contribution in [0.1, 0.15) is 39.3 Å². The highest BCUT2D eigenvalue weighted by Gasteiger charge is 2.30. The fourth-order valence-corrected chi connectivity index (χ4v) is 3.58. The van der Waals surface area contributed by atoms with E-state index in [0.717, 1.165) is 11.3 Å². The highest BCUT2D eigenvalue weighted by atomic mass is 32.1. The minimum absolute atomic E-state index is 0.200. The Balaban J connectivity index is 1.94. The van der Waals surface area contributed by atoms with Gasteiger partial charge in [-0.2, -0.15) is 0 Å². The molecule has 1 amide bonds.